The molecule has 0 aliphatic heterocycles. The molecule has 1 amide bonds. The van der Waals surface area contributed by atoms with Crippen LogP contribution in [0.1, 0.15) is 12.0 Å². The first kappa shape index (κ1) is 13.3. The number of carbonyl (C=O) groups is 2. The van der Waals surface area contributed by atoms with E-state index in [1.807, 2.05) is 24.3 Å². The molecule has 21 heavy (non-hydrogen) atoms. The van der Waals surface area contributed by atoms with Crippen molar-refractivity contribution in [3.05, 3.63) is 42.5 Å². The first-order chi connectivity index (χ1) is 10.1. The van der Waals surface area contributed by atoms with E-state index in [1.165, 1.54) is 6.33 Å². The summed E-state index contributed by atoms with van der Waals surface area (Å²) < 4.78 is 1.64. The normalized spacial score (nSPS) is 20.0. The number of carbonyl (C=O) groups excluding carboxylic acids is 1. The molecule has 1 heterocycles. The van der Waals surface area contributed by atoms with Crippen LogP contribution >= 0.6 is 0 Å². The molecule has 7 nitrogen and oxygen atoms in total. The lowest BCUT2D eigenvalue weighted by molar-refractivity contribution is -0.140. The number of aromatic nitrogens is 3. The van der Waals surface area contributed by atoms with Crippen LogP contribution in [0.5, 0.6) is 0 Å². The molecule has 0 spiro atoms. The number of carboxylic acid groups (broad SMARTS) is 1. The molecule has 1 aliphatic carbocycles. The quantitative estimate of drug-likeness (QED) is 0.839. The predicted octanol–water partition coefficient (Wildman–Crippen LogP) is 0.604. The molecule has 1 saturated carbocycles. The van der Waals surface area contributed by atoms with E-state index in [2.05, 4.69) is 15.4 Å². The fourth-order valence-electron chi connectivity index (χ4n) is 2.19. The second kappa shape index (κ2) is 5.35. The van der Waals surface area contributed by atoms with Gasteiger partial charge in [-0.25, -0.2) is 9.67 Å². The number of hydrogen-bond acceptors (Lipinski definition) is 4. The number of amides is 1. The van der Waals surface area contributed by atoms with Crippen LogP contribution < -0.4 is 5.32 Å². The summed E-state index contributed by atoms with van der Waals surface area (Å²) >= 11 is 0. The van der Waals surface area contributed by atoms with Gasteiger partial charge in [-0.1, -0.05) is 12.1 Å². The molecule has 0 radical (unpaired) electrons. The number of rotatable bonds is 5. The summed E-state index contributed by atoms with van der Waals surface area (Å²) in [4.78, 5) is 26.3. The molecule has 2 atom stereocenters. The maximum absolute atomic E-state index is 11.8. The fraction of sp³-hybridized carbons (Fsp3) is 0.286. The van der Waals surface area contributed by atoms with E-state index >= 15 is 0 Å². The highest BCUT2D eigenvalue weighted by atomic mass is 16.4. The first-order valence-electron chi connectivity index (χ1n) is 6.59. The van der Waals surface area contributed by atoms with Gasteiger partial charge < -0.3 is 10.4 Å². The minimum Gasteiger partial charge on any atom is -0.481 e. The Hall–Kier alpha value is -2.70. The third-order valence-corrected chi connectivity index (χ3v) is 3.53. The molecular formula is C14H14N4O3. The molecule has 2 aromatic rings. The van der Waals surface area contributed by atoms with Gasteiger partial charge >= 0.3 is 5.97 Å². The Morgan fingerprint density at radius 1 is 1.29 bits per heavy atom. The van der Waals surface area contributed by atoms with E-state index in [9.17, 15) is 9.59 Å². The molecule has 2 N–H and O–H groups in total. The number of aliphatic carboxylic acids is 1. The fourth-order valence-corrected chi connectivity index (χ4v) is 2.19. The summed E-state index contributed by atoms with van der Waals surface area (Å²) in [7, 11) is 0. The summed E-state index contributed by atoms with van der Waals surface area (Å²) in [5.74, 6) is -1.98. The molecule has 1 fully saturated rings. The Morgan fingerprint density at radius 2 is 2.05 bits per heavy atom. The molecule has 2 unspecified atom stereocenters. The van der Waals surface area contributed by atoms with E-state index in [-0.39, 0.29) is 11.8 Å². The first-order valence-corrected chi connectivity index (χ1v) is 6.59. The van der Waals surface area contributed by atoms with Gasteiger partial charge in [-0.3, -0.25) is 9.59 Å². The molecule has 108 valence electrons. The highest BCUT2D eigenvalue weighted by Gasteiger charge is 2.48. The smallest absolute Gasteiger partial charge is 0.307 e. The van der Waals surface area contributed by atoms with Gasteiger partial charge in [0.1, 0.15) is 12.7 Å². The van der Waals surface area contributed by atoms with Gasteiger partial charge in [0.2, 0.25) is 5.91 Å². The molecule has 3 rings (SSSR count). The van der Waals surface area contributed by atoms with Gasteiger partial charge in [0.15, 0.2) is 0 Å². The van der Waals surface area contributed by atoms with Crippen molar-refractivity contribution in [3.8, 4) is 5.69 Å². The van der Waals surface area contributed by atoms with Crippen molar-refractivity contribution in [2.45, 2.75) is 13.0 Å². The monoisotopic (exact) mass is 286 g/mol. The van der Waals surface area contributed by atoms with Gasteiger partial charge in [0.05, 0.1) is 17.5 Å². The van der Waals surface area contributed by atoms with Crippen molar-refractivity contribution in [3.63, 3.8) is 0 Å². The second-order valence-corrected chi connectivity index (χ2v) is 5.01. The van der Waals surface area contributed by atoms with Gasteiger partial charge in [-0.2, -0.15) is 5.10 Å². The Morgan fingerprint density at radius 3 is 2.62 bits per heavy atom. The van der Waals surface area contributed by atoms with Crippen LogP contribution in [0, 0.1) is 11.8 Å². The van der Waals surface area contributed by atoms with Crippen molar-refractivity contribution < 1.29 is 14.7 Å². The minimum absolute atomic E-state index is 0.192. The van der Waals surface area contributed by atoms with Gasteiger partial charge in [-0.05, 0) is 24.1 Å². The van der Waals surface area contributed by atoms with E-state index in [4.69, 9.17) is 5.11 Å². The Labute approximate surface area is 120 Å². The number of nitrogens with one attached hydrogen (secondary N) is 1. The molecule has 0 saturated heterocycles. The molecule has 1 aliphatic rings. The van der Waals surface area contributed by atoms with Crippen molar-refractivity contribution in [2.75, 3.05) is 0 Å². The zero-order valence-electron chi connectivity index (χ0n) is 11.1. The lowest BCUT2D eigenvalue weighted by atomic mass is 10.2. The Kier molecular flexibility index (Phi) is 3.39. The van der Waals surface area contributed by atoms with Crippen molar-refractivity contribution in [1.82, 2.24) is 20.1 Å². The zero-order valence-corrected chi connectivity index (χ0v) is 11.1. The standard InChI is InChI=1S/C14H14N4O3/c19-13(11-5-12(11)14(20)21)16-6-9-1-3-10(4-2-9)18-8-15-7-17-18/h1-4,7-8,11-12H,5-6H2,(H,16,19)(H,20,21). The second-order valence-electron chi connectivity index (χ2n) is 5.01. The summed E-state index contributed by atoms with van der Waals surface area (Å²) in [6.45, 7) is 0.388. The van der Waals surface area contributed by atoms with Crippen LogP contribution in [-0.2, 0) is 16.1 Å². The van der Waals surface area contributed by atoms with Crippen LogP contribution in [0.2, 0.25) is 0 Å². The lowest BCUT2D eigenvalue weighted by Crippen LogP contribution is -2.25. The number of benzene rings is 1. The average molecular weight is 286 g/mol. The highest BCUT2D eigenvalue weighted by Crippen LogP contribution is 2.38. The van der Waals surface area contributed by atoms with Crippen molar-refractivity contribution in [2.24, 2.45) is 11.8 Å². The van der Waals surface area contributed by atoms with E-state index in [1.54, 1.807) is 11.0 Å². The van der Waals surface area contributed by atoms with E-state index < -0.39 is 11.9 Å². The molecule has 7 heteroatoms. The summed E-state index contributed by atoms with van der Waals surface area (Å²) in [6, 6.07) is 7.54. The van der Waals surface area contributed by atoms with Crippen molar-refractivity contribution >= 4 is 11.9 Å². The van der Waals surface area contributed by atoms with Gasteiger partial charge in [0, 0.05) is 6.54 Å². The van der Waals surface area contributed by atoms with Gasteiger partial charge in [-0.15, -0.1) is 0 Å². The van der Waals surface area contributed by atoms with Crippen LogP contribution in [-0.4, -0.2) is 31.7 Å². The lowest BCUT2D eigenvalue weighted by Gasteiger charge is -2.06. The zero-order chi connectivity index (χ0) is 14.8. The van der Waals surface area contributed by atoms with Crippen molar-refractivity contribution in [1.29, 1.82) is 0 Å². The number of carboxylic acids is 1. The van der Waals surface area contributed by atoms with Crippen LogP contribution in [0.25, 0.3) is 5.69 Å². The van der Waals surface area contributed by atoms with E-state index in [0.717, 1.165) is 11.3 Å². The summed E-state index contributed by atoms with van der Waals surface area (Å²) in [6.07, 6.45) is 3.50. The maximum atomic E-state index is 11.8. The van der Waals surface area contributed by atoms with Gasteiger partial charge in [0.25, 0.3) is 0 Å². The number of nitrogens with zero attached hydrogens (tertiary/aromatic N) is 3. The number of hydrogen-bond donors (Lipinski definition) is 2. The maximum Gasteiger partial charge on any atom is 0.307 e. The predicted molar refractivity (Wildman–Crippen MR) is 72.4 cm³/mol. The van der Waals surface area contributed by atoms with Crippen LogP contribution in [0.4, 0.5) is 0 Å². The minimum atomic E-state index is -0.896. The molecule has 0 bridgehead atoms. The Bertz CT molecular complexity index is 651. The highest BCUT2D eigenvalue weighted by molar-refractivity contribution is 5.89. The largest absolute Gasteiger partial charge is 0.481 e. The van der Waals surface area contributed by atoms with Crippen LogP contribution in [0.15, 0.2) is 36.9 Å². The molecular weight excluding hydrogens is 272 g/mol. The third kappa shape index (κ3) is 2.91. The molecule has 1 aromatic carbocycles. The average Bonchev–Trinajstić information content (AvgIpc) is 3.12. The Balaban J connectivity index is 1.54. The molecule has 1 aromatic heterocycles. The summed E-state index contributed by atoms with van der Waals surface area (Å²) in [5.41, 5.74) is 1.83. The topological polar surface area (TPSA) is 97.1 Å². The van der Waals surface area contributed by atoms with Crippen LogP contribution in [0.3, 0.4) is 0 Å². The summed E-state index contributed by atoms with van der Waals surface area (Å²) in [5, 5.41) is 15.6. The SMILES string of the molecule is O=C(O)C1CC1C(=O)NCc1ccc(-n2cncn2)cc1. The van der Waals surface area contributed by atoms with E-state index in [0.29, 0.717) is 13.0 Å². The third-order valence-electron chi connectivity index (χ3n) is 3.53.